The smallest absolute Gasteiger partial charge is 0.244 e. The fourth-order valence-corrected chi connectivity index (χ4v) is 2.11. The molecule has 0 bridgehead atoms. The number of hydrogen-bond acceptors (Lipinski definition) is 3. The van der Waals surface area contributed by atoms with Crippen LogP contribution < -0.4 is 10.6 Å². The van der Waals surface area contributed by atoms with Gasteiger partial charge in [0.25, 0.3) is 0 Å². The normalized spacial score (nSPS) is 16.4. The van der Waals surface area contributed by atoms with Crippen molar-refractivity contribution in [1.29, 1.82) is 0 Å². The largest absolute Gasteiger partial charge is 0.351 e. The van der Waals surface area contributed by atoms with Crippen LogP contribution in [0.25, 0.3) is 6.08 Å². The van der Waals surface area contributed by atoms with Gasteiger partial charge in [-0.25, -0.2) is 4.39 Å². The molecule has 1 heterocycles. The highest BCUT2D eigenvalue weighted by atomic mass is 19.1. The summed E-state index contributed by atoms with van der Waals surface area (Å²) in [4.78, 5) is 13.9. The highest BCUT2D eigenvalue weighted by molar-refractivity contribution is 5.91. The van der Waals surface area contributed by atoms with Crippen molar-refractivity contribution in [2.24, 2.45) is 0 Å². The van der Waals surface area contributed by atoms with Gasteiger partial charge in [0.15, 0.2) is 0 Å². The summed E-state index contributed by atoms with van der Waals surface area (Å²) >= 11 is 0. The molecular weight excluding hydrogens is 257 g/mol. The van der Waals surface area contributed by atoms with Gasteiger partial charge in [0.1, 0.15) is 5.82 Å². The van der Waals surface area contributed by atoms with E-state index < -0.39 is 0 Å². The Balaban J connectivity index is 1.71. The molecule has 2 rings (SSSR count). The maximum atomic E-state index is 13.3. The maximum absolute atomic E-state index is 13.3. The van der Waals surface area contributed by atoms with E-state index in [0.29, 0.717) is 12.1 Å². The molecular formula is C15H20FN3O. The third-order valence-corrected chi connectivity index (χ3v) is 3.26. The van der Waals surface area contributed by atoms with Gasteiger partial charge in [0.05, 0.1) is 0 Å². The number of carbonyl (C=O) groups excluding carboxylic acids is 1. The first-order valence-electron chi connectivity index (χ1n) is 6.89. The topological polar surface area (TPSA) is 44.4 Å². The highest BCUT2D eigenvalue weighted by Crippen LogP contribution is 2.07. The van der Waals surface area contributed by atoms with E-state index in [1.54, 1.807) is 18.2 Å². The molecule has 0 aromatic heterocycles. The Kier molecular flexibility index (Phi) is 5.70. The molecule has 5 heteroatoms. The van der Waals surface area contributed by atoms with E-state index in [2.05, 4.69) is 15.5 Å². The molecule has 2 N–H and O–H groups in total. The molecule has 1 aliphatic heterocycles. The van der Waals surface area contributed by atoms with Crippen LogP contribution in [0.3, 0.4) is 0 Å². The fraction of sp³-hybridized carbons (Fsp3) is 0.400. The first-order valence-corrected chi connectivity index (χ1v) is 6.89. The molecule has 0 spiro atoms. The third-order valence-electron chi connectivity index (χ3n) is 3.26. The Morgan fingerprint density at radius 2 is 2.10 bits per heavy atom. The zero-order valence-electron chi connectivity index (χ0n) is 11.4. The average molecular weight is 277 g/mol. The van der Waals surface area contributed by atoms with Crippen molar-refractivity contribution in [2.45, 2.75) is 0 Å². The lowest BCUT2D eigenvalue weighted by Gasteiger charge is -2.26. The van der Waals surface area contributed by atoms with Gasteiger partial charge in [-0.1, -0.05) is 18.2 Å². The van der Waals surface area contributed by atoms with Crippen molar-refractivity contribution in [3.8, 4) is 0 Å². The molecule has 0 aliphatic carbocycles. The van der Waals surface area contributed by atoms with E-state index >= 15 is 0 Å². The summed E-state index contributed by atoms with van der Waals surface area (Å²) in [5.74, 6) is -0.513. The van der Waals surface area contributed by atoms with E-state index in [0.717, 1.165) is 32.7 Å². The standard InChI is InChI=1S/C15H20FN3O/c16-14-4-2-1-3-13(14)5-6-15(20)18-9-12-19-10-7-17-8-11-19/h1-6,17H,7-12H2,(H,18,20). The van der Waals surface area contributed by atoms with Crippen LogP contribution in [0, 0.1) is 5.82 Å². The van der Waals surface area contributed by atoms with Gasteiger partial charge in [0, 0.05) is 50.9 Å². The number of halogens is 1. The van der Waals surface area contributed by atoms with Gasteiger partial charge in [-0.05, 0) is 12.1 Å². The van der Waals surface area contributed by atoms with Crippen molar-refractivity contribution in [1.82, 2.24) is 15.5 Å². The first kappa shape index (κ1) is 14.7. The van der Waals surface area contributed by atoms with Crippen molar-refractivity contribution in [3.63, 3.8) is 0 Å². The number of carbonyl (C=O) groups is 1. The quantitative estimate of drug-likeness (QED) is 0.785. The van der Waals surface area contributed by atoms with Gasteiger partial charge in [-0.15, -0.1) is 0 Å². The summed E-state index contributed by atoms with van der Waals surface area (Å²) in [5, 5.41) is 6.09. The van der Waals surface area contributed by atoms with Crippen LogP contribution in [-0.4, -0.2) is 50.1 Å². The van der Waals surface area contributed by atoms with Crippen LogP contribution in [0.2, 0.25) is 0 Å². The minimum absolute atomic E-state index is 0.191. The molecule has 0 radical (unpaired) electrons. The van der Waals surface area contributed by atoms with E-state index in [9.17, 15) is 9.18 Å². The van der Waals surface area contributed by atoms with Crippen molar-refractivity contribution in [3.05, 3.63) is 41.7 Å². The van der Waals surface area contributed by atoms with E-state index in [-0.39, 0.29) is 11.7 Å². The van der Waals surface area contributed by atoms with Crippen LogP contribution in [0.1, 0.15) is 5.56 Å². The molecule has 108 valence electrons. The van der Waals surface area contributed by atoms with E-state index in [4.69, 9.17) is 0 Å². The van der Waals surface area contributed by atoms with Crippen LogP contribution >= 0.6 is 0 Å². The van der Waals surface area contributed by atoms with Crippen molar-refractivity contribution < 1.29 is 9.18 Å². The van der Waals surface area contributed by atoms with Crippen molar-refractivity contribution >= 4 is 12.0 Å². The van der Waals surface area contributed by atoms with Gasteiger partial charge >= 0.3 is 0 Å². The summed E-state index contributed by atoms with van der Waals surface area (Å²) in [7, 11) is 0. The molecule has 1 aromatic carbocycles. The van der Waals surface area contributed by atoms with Crippen LogP contribution in [0.15, 0.2) is 30.3 Å². The Hall–Kier alpha value is -1.72. The molecule has 0 unspecified atom stereocenters. The molecule has 0 atom stereocenters. The Morgan fingerprint density at radius 1 is 1.35 bits per heavy atom. The average Bonchev–Trinajstić information content (AvgIpc) is 2.47. The monoisotopic (exact) mass is 277 g/mol. The second-order valence-corrected chi connectivity index (χ2v) is 4.74. The summed E-state index contributed by atoms with van der Waals surface area (Å²) in [5.41, 5.74) is 0.421. The number of amides is 1. The van der Waals surface area contributed by atoms with Crippen LogP contribution in [0.4, 0.5) is 4.39 Å². The molecule has 1 aromatic rings. The Bertz CT molecular complexity index is 470. The SMILES string of the molecule is O=C(C=Cc1ccccc1F)NCCN1CCNCC1. The van der Waals surface area contributed by atoms with Gasteiger partial charge < -0.3 is 10.6 Å². The Morgan fingerprint density at radius 3 is 2.85 bits per heavy atom. The lowest BCUT2D eigenvalue weighted by molar-refractivity contribution is -0.116. The third kappa shape index (κ3) is 4.75. The fourth-order valence-electron chi connectivity index (χ4n) is 2.11. The summed E-state index contributed by atoms with van der Waals surface area (Å²) in [6.45, 7) is 5.49. The molecule has 20 heavy (non-hydrogen) atoms. The number of benzene rings is 1. The lowest BCUT2D eigenvalue weighted by Crippen LogP contribution is -2.46. The first-order chi connectivity index (χ1) is 9.75. The van der Waals surface area contributed by atoms with Gasteiger partial charge in [-0.3, -0.25) is 9.69 Å². The maximum Gasteiger partial charge on any atom is 0.244 e. The molecule has 1 aliphatic rings. The molecule has 1 saturated heterocycles. The predicted octanol–water partition coefficient (Wildman–Crippen LogP) is 0.860. The summed E-state index contributed by atoms with van der Waals surface area (Å²) < 4.78 is 13.3. The second kappa shape index (κ2) is 7.77. The summed E-state index contributed by atoms with van der Waals surface area (Å²) in [6, 6.07) is 6.38. The number of rotatable bonds is 5. The predicted molar refractivity (Wildman–Crippen MR) is 77.8 cm³/mol. The highest BCUT2D eigenvalue weighted by Gasteiger charge is 2.08. The second-order valence-electron chi connectivity index (χ2n) is 4.74. The van der Waals surface area contributed by atoms with Crippen LogP contribution in [-0.2, 0) is 4.79 Å². The molecule has 1 amide bonds. The van der Waals surface area contributed by atoms with Gasteiger partial charge in [-0.2, -0.15) is 0 Å². The van der Waals surface area contributed by atoms with E-state index in [1.165, 1.54) is 18.2 Å². The molecule has 0 saturated carbocycles. The van der Waals surface area contributed by atoms with E-state index in [1.807, 2.05) is 0 Å². The van der Waals surface area contributed by atoms with Crippen molar-refractivity contribution in [2.75, 3.05) is 39.3 Å². The zero-order valence-corrected chi connectivity index (χ0v) is 11.4. The zero-order chi connectivity index (χ0) is 14.2. The molecule has 1 fully saturated rings. The minimum Gasteiger partial charge on any atom is -0.351 e. The summed E-state index contributed by atoms with van der Waals surface area (Å²) in [6.07, 6.45) is 2.87. The number of nitrogens with zero attached hydrogens (tertiary/aromatic N) is 1. The molecule has 4 nitrogen and oxygen atoms in total. The Labute approximate surface area is 118 Å². The lowest BCUT2D eigenvalue weighted by atomic mass is 10.2. The van der Waals surface area contributed by atoms with Crippen LogP contribution in [0.5, 0.6) is 0 Å². The minimum atomic E-state index is -0.322. The number of nitrogens with one attached hydrogen (secondary N) is 2. The number of hydrogen-bond donors (Lipinski definition) is 2. The number of piperazine rings is 1. The van der Waals surface area contributed by atoms with Gasteiger partial charge in [0.2, 0.25) is 5.91 Å².